The zero-order valence-electron chi connectivity index (χ0n) is 16.8. The molecule has 0 N–H and O–H groups in total. The van der Waals surface area contributed by atoms with Gasteiger partial charge in [-0.25, -0.2) is 4.98 Å². The molecule has 2 aromatic rings. The number of hydrogen-bond acceptors (Lipinski definition) is 5. The van der Waals surface area contributed by atoms with Crippen molar-refractivity contribution in [2.45, 2.75) is 46.1 Å². The van der Waals surface area contributed by atoms with Crippen molar-refractivity contribution >= 4 is 17.2 Å². The minimum atomic E-state index is 0.00468. The highest BCUT2D eigenvalue weighted by molar-refractivity contribution is 7.09. The van der Waals surface area contributed by atoms with Crippen LogP contribution < -0.4 is 0 Å². The van der Waals surface area contributed by atoms with Gasteiger partial charge in [0.15, 0.2) is 0 Å². The van der Waals surface area contributed by atoms with E-state index in [2.05, 4.69) is 35.6 Å². The fraction of sp³-hybridized carbons (Fsp3) is 0.571. The van der Waals surface area contributed by atoms with Gasteiger partial charge in [-0.2, -0.15) is 0 Å². The van der Waals surface area contributed by atoms with Crippen LogP contribution in [0.15, 0.2) is 23.8 Å². The molecule has 0 bridgehead atoms. The Morgan fingerprint density at radius 2 is 2.22 bits per heavy atom. The smallest absolute Gasteiger partial charge is 0.255 e. The maximum Gasteiger partial charge on any atom is 0.255 e. The lowest BCUT2D eigenvalue weighted by atomic mass is 9.99. The molecule has 1 aliphatic rings. The first-order valence-electron chi connectivity index (χ1n) is 9.82. The van der Waals surface area contributed by atoms with Crippen molar-refractivity contribution in [2.24, 2.45) is 5.92 Å². The third-order valence-corrected chi connectivity index (χ3v) is 6.39. The van der Waals surface area contributed by atoms with Crippen LogP contribution in [0.4, 0.5) is 0 Å². The summed E-state index contributed by atoms with van der Waals surface area (Å²) in [5.41, 5.74) is 2.78. The van der Waals surface area contributed by atoms with Crippen molar-refractivity contribution in [1.82, 2.24) is 19.8 Å². The van der Waals surface area contributed by atoms with Gasteiger partial charge >= 0.3 is 0 Å². The number of likely N-dealkylation sites (tertiary alicyclic amines) is 1. The van der Waals surface area contributed by atoms with Gasteiger partial charge in [-0.15, -0.1) is 11.3 Å². The van der Waals surface area contributed by atoms with Crippen LogP contribution in [0.2, 0.25) is 0 Å². The number of rotatable bonds is 7. The Morgan fingerprint density at radius 1 is 1.41 bits per heavy atom. The Kier molecular flexibility index (Phi) is 6.60. The second-order valence-corrected chi connectivity index (χ2v) is 8.72. The molecule has 1 aliphatic heterocycles. The van der Waals surface area contributed by atoms with Gasteiger partial charge in [0.05, 0.1) is 22.8 Å². The topological polar surface area (TPSA) is 49.3 Å². The molecule has 0 spiro atoms. The van der Waals surface area contributed by atoms with Crippen LogP contribution in [-0.4, -0.2) is 52.4 Å². The lowest BCUT2D eigenvalue weighted by Gasteiger charge is -2.17. The van der Waals surface area contributed by atoms with Crippen molar-refractivity contribution in [2.75, 3.05) is 26.7 Å². The third-order valence-electron chi connectivity index (χ3n) is 5.19. The van der Waals surface area contributed by atoms with Crippen LogP contribution in [0.5, 0.6) is 0 Å². The monoisotopic (exact) mass is 386 g/mol. The van der Waals surface area contributed by atoms with Crippen molar-refractivity contribution in [3.63, 3.8) is 0 Å². The highest BCUT2D eigenvalue weighted by Crippen LogP contribution is 2.22. The van der Waals surface area contributed by atoms with E-state index in [4.69, 9.17) is 0 Å². The number of pyridine rings is 1. The van der Waals surface area contributed by atoms with Crippen molar-refractivity contribution in [1.29, 1.82) is 0 Å². The number of hydrogen-bond donors (Lipinski definition) is 0. The Hall–Kier alpha value is -1.79. The maximum atomic E-state index is 12.8. The highest BCUT2D eigenvalue weighted by Gasteiger charge is 2.22. The number of aromatic nitrogens is 2. The normalized spacial score (nSPS) is 17.6. The van der Waals surface area contributed by atoms with Crippen LogP contribution in [0, 0.1) is 5.92 Å². The number of thiazole rings is 1. The molecule has 27 heavy (non-hydrogen) atoms. The van der Waals surface area contributed by atoms with E-state index in [-0.39, 0.29) is 5.91 Å². The molecule has 146 valence electrons. The van der Waals surface area contributed by atoms with Gasteiger partial charge in [0, 0.05) is 37.3 Å². The molecule has 1 amide bonds. The van der Waals surface area contributed by atoms with Gasteiger partial charge in [0.2, 0.25) is 0 Å². The lowest BCUT2D eigenvalue weighted by molar-refractivity contribution is 0.0783. The summed E-state index contributed by atoms with van der Waals surface area (Å²) in [4.78, 5) is 26.0. The molecule has 0 aromatic carbocycles. The first-order valence-corrected chi connectivity index (χ1v) is 10.7. The highest BCUT2D eigenvalue weighted by atomic mass is 32.1. The fourth-order valence-corrected chi connectivity index (χ4v) is 4.44. The second kappa shape index (κ2) is 8.93. The van der Waals surface area contributed by atoms with Gasteiger partial charge in [-0.3, -0.25) is 9.78 Å². The minimum absolute atomic E-state index is 0.00468. The van der Waals surface area contributed by atoms with Crippen LogP contribution in [0.25, 0.3) is 0 Å². The molecule has 1 fully saturated rings. The Labute approximate surface area is 166 Å². The largest absolute Gasteiger partial charge is 0.336 e. The third kappa shape index (κ3) is 5.14. The second-order valence-electron chi connectivity index (χ2n) is 7.83. The van der Waals surface area contributed by atoms with E-state index in [1.54, 1.807) is 22.4 Å². The number of carbonyl (C=O) groups excluding carboxylic acids is 1. The fourth-order valence-electron chi connectivity index (χ4n) is 3.61. The molecular formula is C21H30N4OS. The van der Waals surface area contributed by atoms with Gasteiger partial charge in [-0.1, -0.05) is 20.8 Å². The van der Waals surface area contributed by atoms with E-state index >= 15 is 0 Å². The molecular weight excluding hydrogens is 356 g/mol. The van der Waals surface area contributed by atoms with Crippen molar-refractivity contribution < 1.29 is 4.79 Å². The maximum absolute atomic E-state index is 12.8. The predicted octanol–water partition coefficient (Wildman–Crippen LogP) is 3.82. The molecule has 0 radical (unpaired) electrons. The molecule has 5 nitrogen and oxygen atoms in total. The Bertz CT molecular complexity index is 773. The van der Waals surface area contributed by atoms with Crippen LogP contribution in [0.3, 0.4) is 0 Å². The molecule has 3 heterocycles. The molecule has 2 aromatic heterocycles. The van der Waals surface area contributed by atoms with Gasteiger partial charge < -0.3 is 9.80 Å². The molecule has 6 heteroatoms. The minimum Gasteiger partial charge on any atom is -0.336 e. The molecule has 0 aliphatic carbocycles. The zero-order chi connectivity index (χ0) is 19.4. The van der Waals surface area contributed by atoms with Gasteiger partial charge in [-0.05, 0) is 43.5 Å². The average molecular weight is 387 g/mol. The van der Waals surface area contributed by atoms with E-state index in [0.717, 1.165) is 35.8 Å². The quantitative estimate of drug-likeness (QED) is 0.726. The van der Waals surface area contributed by atoms with E-state index < -0.39 is 0 Å². The van der Waals surface area contributed by atoms with E-state index in [1.165, 1.54) is 13.0 Å². The number of carbonyl (C=O) groups is 1. The van der Waals surface area contributed by atoms with Crippen molar-refractivity contribution in [3.05, 3.63) is 45.7 Å². The SMILES string of the molecule is CCN1CCC(Cc2cncc(C(=O)N(C)Cc3csc(C(C)C)n3)c2)C1. The van der Waals surface area contributed by atoms with Crippen LogP contribution in [0.1, 0.15) is 59.7 Å². The summed E-state index contributed by atoms with van der Waals surface area (Å²) >= 11 is 1.66. The summed E-state index contributed by atoms with van der Waals surface area (Å²) in [6.45, 7) is 10.5. The van der Waals surface area contributed by atoms with Gasteiger partial charge in [0.1, 0.15) is 0 Å². The van der Waals surface area contributed by atoms with Crippen LogP contribution in [-0.2, 0) is 13.0 Å². The molecule has 1 unspecified atom stereocenters. The summed E-state index contributed by atoms with van der Waals surface area (Å²) in [7, 11) is 1.83. The summed E-state index contributed by atoms with van der Waals surface area (Å²) in [6.07, 6.45) is 5.81. The standard InChI is InChI=1S/C21H30N4OS/c1-5-25-7-6-16(12-25)8-17-9-18(11-22-10-17)21(26)24(4)13-19-14-27-20(23-19)15(2)3/h9-11,14-16H,5-8,12-13H2,1-4H3. The molecule has 3 rings (SSSR count). The average Bonchev–Trinajstić information content (AvgIpc) is 3.30. The Balaban J connectivity index is 1.62. The van der Waals surface area contributed by atoms with Crippen molar-refractivity contribution in [3.8, 4) is 0 Å². The van der Waals surface area contributed by atoms with Gasteiger partial charge in [0.25, 0.3) is 5.91 Å². The summed E-state index contributed by atoms with van der Waals surface area (Å²) in [6, 6.07) is 2.01. The Morgan fingerprint density at radius 3 is 2.89 bits per heavy atom. The predicted molar refractivity (Wildman–Crippen MR) is 110 cm³/mol. The number of nitrogens with zero attached hydrogens (tertiary/aromatic N) is 4. The lowest BCUT2D eigenvalue weighted by Crippen LogP contribution is -2.26. The first-order chi connectivity index (χ1) is 13.0. The molecule has 1 saturated heterocycles. The summed E-state index contributed by atoms with van der Waals surface area (Å²) < 4.78 is 0. The van der Waals surface area contributed by atoms with E-state index in [1.807, 2.05) is 24.7 Å². The molecule has 0 saturated carbocycles. The van der Waals surface area contributed by atoms with E-state index in [9.17, 15) is 4.79 Å². The van der Waals surface area contributed by atoms with Crippen LogP contribution >= 0.6 is 11.3 Å². The summed E-state index contributed by atoms with van der Waals surface area (Å²) in [5, 5.41) is 3.17. The zero-order valence-corrected chi connectivity index (χ0v) is 17.6. The molecule has 1 atom stereocenters. The number of amides is 1. The van der Waals surface area contributed by atoms with E-state index in [0.29, 0.717) is 23.9 Å². The summed E-state index contributed by atoms with van der Waals surface area (Å²) in [5.74, 6) is 1.09. The first kappa shape index (κ1) is 20.0.